The van der Waals surface area contributed by atoms with Crippen LogP contribution < -0.4 is 5.32 Å². The second kappa shape index (κ2) is 8.91. The number of halogens is 1. The van der Waals surface area contributed by atoms with E-state index in [1.165, 1.54) is 11.8 Å². The van der Waals surface area contributed by atoms with Crippen LogP contribution in [0.5, 0.6) is 0 Å². The zero-order chi connectivity index (χ0) is 22.0. The lowest BCUT2D eigenvalue weighted by Gasteiger charge is -2.08. The molecule has 2 aromatic heterocycles. The lowest BCUT2D eigenvalue weighted by atomic mass is 10.1. The maximum atomic E-state index is 13.0. The number of nitrogens with one attached hydrogen (secondary N) is 1. The third kappa shape index (κ3) is 4.78. The van der Waals surface area contributed by atoms with Gasteiger partial charge < -0.3 is 9.84 Å². The standard InChI is InChI=1S/C23H19ClN4O2S/c1-13-12-14(2)26-23(25-13)31-17-10-8-16(9-11-17)27-22(29)20-15(3)30-28-21(20)18-6-4-5-7-19(18)24/h4-12H,1-3H3,(H,27,29). The number of carbonyl (C=O) groups excluding carboxylic acids is 1. The van der Waals surface area contributed by atoms with E-state index in [0.29, 0.717) is 38.4 Å². The van der Waals surface area contributed by atoms with Crippen molar-refractivity contribution in [1.29, 1.82) is 0 Å². The summed E-state index contributed by atoms with van der Waals surface area (Å²) in [4.78, 5) is 22.8. The number of amides is 1. The molecule has 0 saturated carbocycles. The zero-order valence-electron chi connectivity index (χ0n) is 17.1. The predicted octanol–water partition coefficient (Wildman–Crippen LogP) is 6.11. The number of hydrogen-bond donors (Lipinski definition) is 1. The molecule has 1 N–H and O–H groups in total. The zero-order valence-corrected chi connectivity index (χ0v) is 18.7. The van der Waals surface area contributed by atoms with Gasteiger partial charge in [0.15, 0.2) is 5.16 Å². The van der Waals surface area contributed by atoms with Crippen LogP contribution in [-0.2, 0) is 0 Å². The largest absolute Gasteiger partial charge is 0.360 e. The van der Waals surface area contributed by atoms with Crippen LogP contribution in [0.4, 0.5) is 5.69 Å². The molecule has 0 bridgehead atoms. The Balaban J connectivity index is 1.52. The molecule has 4 rings (SSSR count). The van der Waals surface area contributed by atoms with Gasteiger partial charge in [-0.05, 0) is 68.9 Å². The minimum absolute atomic E-state index is 0.313. The molecule has 2 heterocycles. The van der Waals surface area contributed by atoms with E-state index in [0.717, 1.165) is 16.3 Å². The van der Waals surface area contributed by atoms with Crippen molar-refractivity contribution in [2.45, 2.75) is 30.8 Å². The summed E-state index contributed by atoms with van der Waals surface area (Å²) >= 11 is 7.75. The molecule has 0 atom stereocenters. The van der Waals surface area contributed by atoms with E-state index in [2.05, 4.69) is 20.4 Å². The smallest absolute Gasteiger partial charge is 0.261 e. The molecule has 6 nitrogen and oxygen atoms in total. The van der Waals surface area contributed by atoms with Crippen LogP contribution in [0.25, 0.3) is 11.3 Å². The maximum absolute atomic E-state index is 13.0. The Morgan fingerprint density at radius 3 is 2.35 bits per heavy atom. The Morgan fingerprint density at radius 1 is 1.00 bits per heavy atom. The number of anilines is 1. The van der Waals surface area contributed by atoms with Crippen molar-refractivity contribution in [2.75, 3.05) is 5.32 Å². The molecule has 0 aliphatic heterocycles. The highest BCUT2D eigenvalue weighted by Gasteiger charge is 2.23. The Morgan fingerprint density at radius 2 is 1.68 bits per heavy atom. The highest BCUT2D eigenvalue weighted by atomic mass is 35.5. The van der Waals surface area contributed by atoms with Gasteiger partial charge in [0.2, 0.25) is 0 Å². The summed E-state index contributed by atoms with van der Waals surface area (Å²) < 4.78 is 5.28. The Kier molecular flexibility index (Phi) is 6.06. The molecule has 0 aliphatic carbocycles. The summed E-state index contributed by atoms with van der Waals surface area (Å²) in [7, 11) is 0. The molecular weight excluding hydrogens is 432 g/mol. The molecule has 0 aliphatic rings. The number of aromatic nitrogens is 3. The first-order valence-electron chi connectivity index (χ1n) is 9.53. The van der Waals surface area contributed by atoms with Gasteiger partial charge >= 0.3 is 0 Å². The van der Waals surface area contributed by atoms with Crippen molar-refractivity contribution in [3.8, 4) is 11.3 Å². The van der Waals surface area contributed by atoms with Crippen LogP contribution in [0.1, 0.15) is 27.5 Å². The first-order valence-corrected chi connectivity index (χ1v) is 10.7. The first-order chi connectivity index (χ1) is 14.9. The van der Waals surface area contributed by atoms with Gasteiger partial charge in [-0.25, -0.2) is 9.97 Å². The maximum Gasteiger partial charge on any atom is 0.261 e. The molecule has 0 fully saturated rings. The minimum atomic E-state index is -0.313. The summed E-state index contributed by atoms with van der Waals surface area (Å²) in [5.74, 6) is 0.110. The first kappa shape index (κ1) is 21.1. The van der Waals surface area contributed by atoms with E-state index in [9.17, 15) is 4.79 Å². The van der Waals surface area contributed by atoms with Crippen LogP contribution in [0, 0.1) is 20.8 Å². The van der Waals surface area contributed by atoms with Crippen LogP contribution in [-0.4, -0.2) is 21.0 Å². The second-order valence-electron chi connectivity index (χ2n) is 6.96. The van der Waals surface area contributed by atoms with Crippen molar-refractivity contribution in [2.24, 2.45) is 0 Å². The van der Waals surface area contributed by atoms with Crippen LogP contribution >= 0.6 is 23.4 Å². The quantitative estimate of drug-likeness (QED) is 0.369. The third-order valence-corrected chi connectivity index (χ3v) is 5.70. The van der Waals surface area contributed by atoms with Gasteiger partial charge in [-0.3, -0.25) is 4.79 Å². The molecule has 0 saturated heterocycles. The Bertz CT molecular complexity index is 1230. The topological polar surface area (TPSA) is 80.9 Å². The lowest BCUT2D eigenvalue weighted by molar-refractivity contribution is 0.102. The van der Waals surface area contributed by atoms with E-state index in [-0.39, 0.29) is 5.91 Å². The van der Waals surface area contributed by atoms with Crippen molar-refractivity contribution in [3.63, 3.8) is 0 Å². The van der Waals surface area contributed by atoms with Gasteiger partial charge in [0.25, 0.3) is 5.91 Å². The van der Waals surface area contributed by atoms with Crippen molar-refractivity contribution >= 4 is 35.0 Å². The van der Waals surface area contributed by atoms with E-state index in [1.54, 1.807) is 19.1 Å². The molecule has 2 aromatic carbocycles. The lowest BCUT2D eigenvalue weighted by Crippen LogP contribution is -2.13. The fraction of sp³-hybridized carbons (Fsp3) is 0.130. The monoisotopic (exact) mass is 450 g/mol. The van der Waals surface area contributed by atoms with E-state index in [1.807, 2.05) is 56.3 Å². The van der Waals surface area contributed by atoms with Crippen LogP contribution in [0.15, 0.2) is 69.2 Å². The highest BCUT2D eigenvalue weighted by Crippen LogP contribution is 2.32. The third-order valence-electron chi connectivity index (χ3n) is 4.50. The van der Waals surface area contributed by atoms with Gasteiger partial charge in [-0.1, -0.05) is 35.0 Å². The average molecular weight is 451 g/mol. The molecule has 4 aromatic rings. The SMILES string of the molecule is Cc1cc(C)nc(Sc2ccc(NC(=O)c3c(-c4ccccc4Cl)noc3C)cc2)n1. The van der Waals surface area contributed by atoms with Gasteiger partial charge in [-0.15, -0.1) is 0 Å². The van der Waals surface area contributed by atoms with Gasteiger partial charge in [-0.2, -0.15) is 0 Å². The van der Waals surface area contributed by atoms with E-state index < -0.39 is 0 Å². The summed E-state index contributed by atoms with van der Waals surface area (Å²) in [6.07, 6.45) is 0. The molecule has 156 valence electrons. The van der Waals surface area contributed by atoms with E-state index in [4.69, 9.17) is 16.1 Å². The predicted molar refractivity (Wildman–Crippen MR) is 122 cm³/mol. The van der Waals surface area contributed by atoms with Gasteiger partial charge in [0.05, 0.1) is 5.02 Å². The summed E-state index contributed by atoms with van der Waals surface area (Å²) in [6.45, 7) is 5.59. The number of nitrogens with zero attached hydrogens (tertiary/aromatic N) is 3. The number of carbonyl (C=O) groups is 1. The van der Waals surface area contributed by atoms with Crippen molar-refractivity contribution < 1.29 is 9.32 Å². The van der Waals surface area contributed by atoms with Crippen LogP contribution in [0.2, 0.25) is 5.02 Å². The highest BCUT2D eigenvalue weighted by molar-refractivity contribution is 7.99. The number of rotatable bonds is 5. The summed E-state index contributed by atoms with van der Waals surface area (Å²) in [5.41, 5.74) is 3.93. The van der Waals surface area contributed by atoms with Crippen molar-refractivity contribution in [3.05, 3.63) is 82.3 Å². The molecule has 0 spiro atoms. The average Bonchev–Trinajstić information content (AvgIpc) is 3.10. The molecule has 31 heavy (non-hydrogen) atoms. The summed E-state index contributed by atoms with van der Waals surface area (Å²) in [5, 5.41) is 8.14. The summed E-state index contributed by atoms with van der Waals surface area (Å²) in [6, 6.07) is 16.6. The minimum Gasteiger partial charge on any atom is -0.360 e. The number of benzene rings is 2. The fourth-order valence-corrected chi connectivity index (χ4v) is 4.21. The van der Waals surface area contributed by atoms with Crippen molar-refractivity contribution in [1.82, 2.24) is 15.1 Å². The molecule has 8 heteroatoms. The number of aryl methyl sites for hydroxylation is 3. The molecule has 0 unspecified atom stereocenters. The van der Waals surface area contributed by atoms with Gasteiger partial charge in [0, 0.05) is 27.5 Å². The fourth-order valence-electron chi connectivity index (χ4n) is 3.12. The normalized spacial score (nSPS) is 10.8. The molecular formula is C23H19ClN4O2S. The Hall–Kier alpha value is -3.16. The number of hydrogen-bond acceptors (Lipinski definition) is 6. The molecule has 0 radical (unpaired) electrons. The Labute approximate surface area is 189 Å². The van der Waals surface area contributed by atoms with Gasteiger partial charge in [0.1, 0.15) is 17.0 Å². The molecule has 1 amide bonds. The van der Waals surface area contributed by atoms with E-state index >= 15 is 0 Å². The van der Waals surface area contributed by atoms with Crippen LogP contribution in [0.3, 0.4) is 0 Å². The second-order valence-corrected chi connectivity index (χ2v) is 8.40.